The zero-order valence-corrected chi connectivity index (χ0v) is 15.6. The van der Waals surface area contributed by atoms with Crippen LogP contribution in [-0.2, 0) is 9.53 Å². The molecule has 0 spiro atoms. The summed E-state index contributed by atoms with van der Waals surface area (Å²) in [5, 5.41) is 6.26. The van der Waals surface area contributed by atoms with Crippen molar-refractivity contribution in [3.05, 3.63) is 37.1 Å². The van der Waals surface area contributed by atoms with Crippen LogP contribution in [0.3, 0.4) is 0 Å². The van der Waals surface area contributed by atoms with Crippen LogP contribution < -0.4 is 10.6 Å². The van der Waals surface area contributed by atoms with E-state index >= 15 is 0 Å². The van der Waals surface area contributed by atoms with Crippen LogP contribution in [0.2, 0.25) is 0 Å². The second-order valence-electron chi connectivity index (χ2n) is 5.79. The van der Waals surface area contributed by atoms with E-state index in [-0.39, 0.29) is 30.7 Å². The number of aromatic nitrogens is 3. The monoisotopic (exact) mass is 387 g/mol. The molecule has 0 aromatic carbocycles. The van der Waals surface area contributed by atoms with Gasteiger partial charge >= 0.3 is 0 Å². The standard InChI is InChI=1S/C16H21N5O2.2ClH/c1-23-11-16(4-6-17-7-5-16)15(22)20-13-2-3-14(19-10-13)21-9-8-18-12-21;;/h2-3,8-10,12,17H,4-7,11H2,1H3,(H,20,22);2*1H. The number of ether oxygens (including phenoxy) is 1. The number of carbonyl (C=O) groups is 1. The molecule has 2 aromatic rings. The molecule has 7 nitrogen and oxygen atoms in total. The van der Waals surface area contributed by atoms with E-state index in [1.54, 1.807) is 25.8 Å². The quantitative estimate of drug-likeness (QED) is 0.820. The summed E-state index contributed by atoms with van der Waals surface area (Å²) in [6.07, 6.45) is 8.41. The minimum Gasteiger partial charge on any atom is -0.384 e. The van der Waals surface area contributed by atoms with Crippen molar-refractivity contribution in [1.29, 1.82) is 0 Å². The third-order valence-corrected chi connectivity index (χ3v) is 4.24. The topological polar surface area (TPSA) is 81.1 Å². The Morgan fingerprint density at radius 3 is 2.68 bits per heavy atom. The van der Waals surface area contributed by atoms with Crippen molar-refractivity contribution < 1.29 is 9.53 Å². The van der Waals surface area contributed by atoms with Gasteiger partial charge in [-0.05, 0) is 38.1 Å². The largest absolute Gasteiger partial charge is 0.384 e. The minimum absolute atomic E-state index is 0. The number of carbonyl (C=O) groups excluding carboxylic acids is 1. The van der Waals surface area contributed by atoms with Gasteiger partial charge in [0.2, 0.25) is 5.91 Å². The van der Waals surface area contributed by atoms with E-state index in [4.69, 9.17) is 4.74 Å². The Hall–Kier alpha value is -1.67. The smallest absolute Gasteiger partial charge is 0.233 e. The summed E-state index contributed by atoms with van der Waals surface area (Å²) in [5.41, 5.74) is 0.219. The SMILES string of the molecule is COCC1(C(=O)Nc2ccc(-n3ccnc3)nc2)CCNCC1.Cl.Cl. The number of hydrogen-bond donors (Lipinski definition) is 2. The normalized spacial score (nSPS) is 15.6. The van der Waals surface area contributed by atoms with Gasteiger partial charge in [0.25, 0.3) is 0 Å². The molecule has 3 heterocycles. The van der Waals surface area contributed by atoms with E-state index in [0.717, 1.165) is 31.7 Å². The molecule has 0 bridgehead atoms. The lowest BCUT2D eigenvalue weighted by Crippen LogP contribution is -2.47. The molecule has 2 N–H and O–H groups in total. The van der Waals surface area contributed by atoms with Crippen LogP contribution in [0.5, 0.6) is 0 Å². The van der Waals surface area contributed by atoms with Crippen molar-refractivity contribution in [2.24, 2.45) is 5.41 Å². The number of nitrogens with one attached hydrogen (secondary N) is 2. The molecule has 1 aliphatic heterocycles. The van der Waals surface area contributed by atoms with E-state index in [1.807, 2.05) is 22.9 Å². The first-order chi connectivity index (χ1) is 11.2. The van der Waals surface area contributed by atoms with Crippen LogP contribution in [0, 0.1) is 5.41 Å². The third kappa shape index (κ3) is 4.92. The van der Waals surface area contributed by atoms with Gasteiger partial charge in [-0.1, -0.05) is 0 Å². The van der Waals surface area contributed by atoms with Gasteiger partial charge in [0, 0.05) is 19.5 Å². The van der Waals surface area contributed by atoms with Gasteiger partial charge in [-0.15, -0.1) is 24.8 Å². The van der Waals surface area contributed by atoms with Gasteiger partial charge in [0.1, 0.15) is 12.1 Å². The molecule has 1 amide bonds. The number of halogens is 2. The van der Waals surface area contributed by atoms with Gasteiger partial charge in [0.05, 0.1) is 23.9 Å². The lowest BCUT2D eigenvalue weighted by Gasteiger charge is -2.35. The fourth-order valence-electron chi connectivity index (χ4n) is 2.89. The molecule has 0 radical (unpaired) electrons. The fraction of sp³-hybridized carbons (Fsp3) is 0.438. The average Bonchev–Trinajstić information content (AvgIpc) is 3.11. The van der Waals surface area contributed by atoms with Crippen molar-refractivity contribution in [1.82, 2.24) is 19.9 Å². The fourth-order valence-corrected chi connectivity index (χ4v) is 2.89. The van der Waals surface area contributed by atoms with Crippen molar-refractivity contribution >= 4 is 36.4 Å². The second-order valence-corrected chi connectivity index (χ2v) is 5.79. The van der Waals surface area contributed by atoms with Crippen LogP contribution in [0.25, 0.3) is 5.82 Å². The number of imidazole rings is 1. The molecule has 138 valence electrons. The summed E-state index contributed by atoms with van der Waals surface area (Å²) in [4.78, 5) is 21.1. The van der Waals surface area contributed by atoms with E-state index in [1.165, 1.54) is 0 Å². The van der Waals surface area contributed by atoms with Crippen LogP contribution in [0.1, 0.15) is 12.8 Å². The average molecular weight is 388 g/mol. The van der Waals surface area contributed by atoms with Gasteiger partial charge in [-0.25, -0.2) is 9.97 Å². The van der Waals surface area contributed by atoms with E-state index < -0.39 is 5.41 Å². The summed E-state index contributed by atoms with van der Waals surface area (Å²) in [6, 6.07) is 3.70. The van der Waals surface area contributed by atoms with E-state index in [9.17, 15) is 4.79 Å². The number of amides is 1. The van der Waals surface area contributed by atoms with Crippen molar-refractivity contribution in [2.75, 3.05) is 32.1 Å². The van der Waals surface area contributed by atoms with E-state index in [2.05, 4.69) is 20.6 Å². The molecule has 1 saturated heterocycles. The summed E-state index contributed by atoms with van der Waals surface area (Å²) in [7, 11) is 1.64. The zero-order valence-electron chi connectivity index (χ0n) is 14.0. The molecule has 25 heavy (non-hydrogen) atoms. The number of anilines is 1. The molecule has 0 saturated carbocycles. The minimum atomic E-state index is -0.469. The molecule has 1 fully saturated rings. The molecular weight excluding hydrogens is 365 g/mol. The first kappa shape index (κ1) is 21.4. The van der Waals surface area contributed by atoms with Gasteiger partial charge < -0.3 is 15.4 Å². The maximum absolute atomic E-state index is 12.7. The van der Waals surface area contributed by atoms with Crippen LogP contribution >= 0.6 is 24.8 Å². The molecule has 0 aliphatic carbocycles. The first-order valence-electron chi connectivity index (χ1n) is 7.69. The summed E-state index contributed by atoms with van der Waals surface area (Å²) in [6.45, 7) is 2.09. The number of methoxy groups -OCH3 is 1. The van der Waals surface area contributed by atoms with Crippen LogP contribution in [-0.4, -0.2) is 47.2 Å². The highest BCUT2D eigenvalue weighted by Gasteiger charge is 2.39. The second kappa shape index (κ2) is 9.72. The Bertz CT molecular complexity index is 638. The highest BCUT2D eigenvalue weighted by Crippen LogP contribution is 2.30. The number of nitrogens with zero attached hydrogens (tertiary/aromatic N) is 3. The maximum atomic E-state index is 12.7. The number of rotatable bonds is 5. The Kier molecular flexibility index (Phi) is 8.31. The number of pyridine rings is 1. The number of hydrogen-bond acceptors (Lipinski definition) is 5. The maximum Gasteiger partial charge on any atom is 0.233 e. The third-order valence-electron chi connectivity index (χ3n) is 4.24. The summed E-state index contributed by atoms with van der Waals surface area (Å²) >= 11 is 0. The molecule has 0 unspecified atom stereocenters. The molecule has 0 atom stereocenters. The molecular formula is C16H23Cl2N5O2. The predicted molar refractivity (Wildman–Crippen MR) is 101 cm³/mol. The summed E-state index contributed by atoms with van der Waals surface area (Å²) in [5.74, 6) is 0.756. The highest BCUT2D eigenvalue weighted by atomic mass is 35.5. The molecule has 3 rings (SSSR count). The Morgan fingerprint density at radius 2 is 2.12 bits per heavy atom. The van der Waals surface area contributed by atoms with E-state index in [0.29, 0.717) is 12.3 Å². The predicted octanol–water partition coefficient (Wildman–Crippen LogP) is 2.07. The molecule has 2 aromatic heterocycles. The van der Waals surface area contributed by atoms with Crippen molar-refractivity contribution in [2.45, 2.75) is 12.8 Å². The Balaban J connectivity index is 0.00000156. The molecule has 9 heteroatoms. The van der Waals surface area contributed by atoms with Crippen LogP contribution in [0.4, 0.5) is 5.69 Å². The van der Waals surface area contributed by atoms with Crippen LogP contribution in [0.15, 0.2) is 37.1 Å². The summed E-state index contributed by atoms with van der Waals surface area (Å²) < 4.78 is 7.11. The molecule has 1 aliphatic rings. The lowest BCUT2D eigenvalue weighted by atomic mass is 9.78. The zero-order chi connectivity index (χ0) is 16.1. The Labute approximate surface area is 159 Å². The van der Waals surface area contributed by atoms with Gasteiger partial charge in [-0.3, -0.25) is 9.36 Å². The van der Waals surface area contributed by atoms with Gasteiger partial charge in [-0.2, -0.15) is 0 Å². The van der Waals surface area contributed by atoms with Gasteiger partial charge in [0.15, 0.2) is 0 Å². The van der Waals surface area contributed by atoms with Crippen molar-refractivity contribution in [3.63, 3.8) is 0 Å². The number of piperidine rings is 1. The van der Waals surface area contributed by atoms with Crippen molar-refractivity contribution in [3.8, 4) is 5.82 Å². The lowest BCUT2D eigenvalue weighted by molar-refractivity contribution is -0.130. The highest BCUT2D eigenvalue weighted by molar-refractivity contribution is 5.95. The first-order valence-corrected chi connectivity index (χ1v) is 7.69. The Morgan fingerprint density at radius 1 is 1.36 bits per heavy atom.